The average molecular weight is 422 g/mol. The minimum absolute atomic E-state index is 0.0223. The summed E-state index contributed by atoms with van der Waals surface area (Å²) in [5.41, 5.74) is 1.20. The molecule has 0 aromatic heterocycles. The molecule has 3 aromatic carbocycles. The van der Waals surface area contributed by atoms with Crippen LogP contribution in [0.25, 0.3) is 0 Å². The molecule has 0 atom stereocenters. The Morgan fingerprint density at radius 2 is 1.57 bits per heavy atom. The molecule has 0 aliphatic rings. The van der Waals surface area contributed by atoms with E-state index >= 15 is 0 Å². The fourth-order valence-corrected chi connectivity index (χ4v) is 3.55. The molecule has 0 spiro atoms. The van der Waals surface area contributed by atoms with Crippen LogP contribution in [0.15, 0.2) is 83.8 Å². The van der Waals surface area contributed by atoms with Gasteiger partial charge in [-0.3, -0.25) is 4.72 Å². The van der Waals surface area contributed by atoms with Crippen LogP contribution in [0.1, 0.15) is 15.9 Å². The van der Waals surface area contributed by atoms with Crippen molar-refractivity contribution < 1.29 is 22.7 Å². The predicted molar refractivity (Wildman–Crippen MR) is 111 cm³/mol. The third-order valence-corrected chi connectivity index (χ3v) is 5.39. The SMILES string of the molecule is N#Cc1ccc(OCCOC(=O)c2ccc(S(=O)(=O)Nc3ccccc3)cc2)cc1. The average Bonchev–Trinajstić information content (AvgIpc) is 2.77. The Hall–Kier alpha value is -3.83. The molecule has 0 saturated heterocycles. The van der Waals surface area contributed by atoms with Gasteiger partial charge in [0.2, 0.25) is 0 Å². The fraction of sp³-hybridized carbons (Fsp3) is 0.0909. The summed E-state index contributed by atoms with van der Waals surface area (Å²) in [6, 6.07) is 22.6. The van der Waals surface area contributed by atoms with Crippen LogP contribution in [0.4, 0.5) is 5.69 Å². The van der Waals surface area contributed by atoms with Gasteiger partial charge >= 0.3 is 5.97 Å². The van der Waals surface area contributed by atoms with Gasteiger partial charge in [-0.25, -0.2) is 13.2 Å². The zero-order valence-corrected chi connectivity index (χ0v) is 16.6. The van der Waals surface area contributed by atoms with Crippen LogP contribution in [-0.2, 0) is 14.8 Å². The molecule has 30 heavy (non-hydrogen) atoms. The van der Waals surface area contributed by atoms with Crippen LogP contribution >= 0.6 is 0 Å². The summed E-state index contributed by atoms with van der Waals surface area (Å²) in [6.07, 6.45) is 0. The summed E-state index contributed by atoms with van der Waals surface area (Å²) < 4.78 is 37.9. The summed E-state index contributed by atoms with van der Waals surface area (Å²) in [4.78, 5) is 12.1. The maximum absolute atomic E-state index is 12.4. The highest BCUT2D eigenvalue weighted by molar-refractivity contribution is 7.92. The summed E-state index contributed by atoms with van der Waals surface area (Å²) in [5, 5.41) is 8.75. The zero-order valence-electron chi connectivity index (χ0n) is 15.8. The van der Waals surface area contributed by atoms with Gasteiger partial charge in [0.05, 0.1) is 22.1 Å². The molecule has 3 rings (SSSR count). The monoisotopic (exact) mass is 422 g/mol. The summed E-state index contributed by atoms with van der Waals surface area (Å²) in [7, 11) is -3.75. The number of nitriles is 1. The minimum Gasteiger partial charge on any atom is -0.490 e. The van der Waals surface area contributed by atoms with E-state index in [-0.39, 0.29) is 23.7 Å². The Balaban J connectivity index is 1.51. The number of carbonyl (C=O) groups excluding carboxylic acids is 1. The van der Waals surface area contributed by atoms with Gasteiger partial charge in [0, 0.05) is 5.69 Å². The second-order valence-corrected chi connectivity index (χ2v) is 7.80. The molecule has 152 valence electrons. The molecule has 0 fully saturated rings. The summed E-state index contributed by atoms with van der Waals surface area (Å²) >= 11 is 0. The molecule has 0 aliphatic carbocycles. The van der Waals surface area contributed by atoms with Crippen molar-refractivity contribution >= 4 is 21.7 Å². The van der Waals surface area contributed by atoms with Crippen molar-refractivity contribution in [1.29, 1.82) is 5.26 Å². The third kappa shape index (κ3) is 5.59. The van der Waals surface area contributed by atoms with E-state index < -0.39 is 16.0 Å². The zero-order chi connectivity index (χ0) is 21.4. The molecular formula is C22H18N2O5S. The van der Waals surface area contributed by atoms with Crippen LogP contribution < -0.4 is 9.46 Å². The first kappa shape index (κ1) is 20.9. The first-order chi connectivity index (χ1) is 14.5. The van der Waals surface area contributed by atoms with Crippen molar-refractivity contribution in [3.05, 3.63) is 90.0 Å². The second kappa shape index (κ2) is 9.58. The third-order valence-electron chi connectivity index (χ3n) is 3.99. The number of hydrogen-bond donors (Lipinski definition) is 1. The number of para-hydroxylation sites is 1. The van der Waals surface area contributed by atoms with Crippen molar-refractivity contribution in [2.75, 3.05) is 17.9 Å². The molecule has 0 amide bonds. The van der Waals surface area contributed by atoms with Gasteiger partial charge in [-0.05, 0) is 60.7 Å². The molecule has 0 heterocycles. The predicted octanol–water partition coefficient (Wildman–Crippen LogP) is 3.59. The molecule has 1 N–H and O–H groups in total. The molecule has 0 unspecified atom stereocenters. The van der Waals surface area contributed by atoms with Gasteiger partial charge in [0.15, 0.2) is 0 Å². The molecule has 3 aromatic rings. The van der Waals surface area contributed by atoms with Gasteiger partial charge in [-0.15, -0.1) is 0 Å². The number of nitrogens with one attached hydrogen (secondary N) is 1. The lowest BCUT2D eigenvalue weighted by molar-refractivity contribution is 0.0450. The van der Waals surface area contributed by atoms with E-state index in [9.17, 15) is 13.2 Å². The van der Waals surface area contributed by atoms with Gasteiger partial charge in [0.25, 0.3) is 10.0 Å². The topological polar surface area (TPSA) is 105 Å². The number of anilines is 1. The molecular weight excluding hydrogens is 404 g/mol. The van der Waals surface area contributed by atoms with E-state index in [0.29, 0.717) is 17.0 Å². The number of nitrogens with zero attached hydrogens (tertiary/aromatic N) is 1. The van der Waals surface area contributed by atoms with Crippen molar-refractivity contribution in [2.24, 2.45) is 0 Å². The Bertz CT molecular complexity index is 1140. The Kier molecular flexibility index (Phi) is 6.67. The fourth-order valence-electron chi connectivity index (χ4n) is 2.49. The number of carbonyl (C=O) groups is 1. The van der Waals surface area contributed by atoms with E-state index in [1.165, 1.54) is 24.3 Å². The molecule has 0 aliphatic heterocycles. The van der Waals surface area contributed by atoms with E-state index in [1.807, 2.05) is 6.07 Å². The van der Waals surface area contributed by atoms with Crippen molar-refractivity contribution in [3.63, 3.8) is 0 Å². The molecule has 0 radical (unpaired) electrons. The van der Waals surface area contributed by atoms with E-state index in [0.717, 1.165) is 0 Å². The number of benzene rings is 3. The number of esters is 1. The Morgan fingerprint density at radius 1 is 0.900 bits per heavy atom. The van der Waals surface area contributed by atoms with E-state index in [1.54, 1.807) is 54.6 Å². The highest BCUT2D eigenvalue weighted by Gasteiger charge is 2.15. The van der Waals surface area contributed by atoms with Crippen molar-refractivity contribution in [1.82, 2.24) is 0 Å². The maximum Gasteiger partial charge on any atom is 0.338 e. The highest BCUT2D eigenvalue weighted by atomic mass is 32.2. The van der Waals surface area contributed by atoms with Crippen molar-refractivity contribution in [3.8, 4) is 11.8 Å². The Labute approximate surface area is 174 Å². The van der Waals surface area contributed by atoms with Gasteiger partial charge in [0.1, 0.15) is 19.0 Å². The van der Waals surface area contributed by atoms with Gasteiger partial charge < -0.3 is 9.47 Å². The van der Waals surface area contributed by atoms with Gasteiger partial charge in [-0.2, -0.15) is 5.26 Å². The lowest BCUT2D eigenvalue weighted by Crippen LogP contribution is -2.14. The number of ether oxygens (including phenoxy) is 2. The first-order valence-electron chi connectivity index (χ1n) is 8.96. The Morgan fingerprint density at radius 3 is 2.20 bits per heavy atom. The second-order valence-electron chi connectivity index (χ2n) is 6.12. The molecule has 0 bridgehead atoms. The highest BCUT2D eigenvalue weighted by Crippen LogP contribution is 2.17. The first-order valence-corrected chi connectivity index (χ1v) is 10.4. The van der Waals surface area contributed by atoms with Crippen LogP contribution in [0.5, 0.6) is 5.75 Å². The number of sulfonamides is 1. The van der Waals surface area contributed by atoms with Crippen LogP contribution in [0.2, 0.25) is 0 Å². The number of hydrogen-bond acceptors (Lipinski definition) is 6. The molecule has 0 saturated carbocycles. The van der Waals surface area contributed by atoms with Crippen LogP contribution in [0.3, 0.4) is 0 Å². The number of rotatable bonds is 8. The minimum atomic E-state index is -3.75. The normalized spacial score (nSPS) is 10.6. The standard InChI is InChI=1S/C22H18N2O5S/c23-16-17-6-10-20(11-7-17)28-14-15-29-22(25)18-8-12-21(13-9-18)30(26,27)24-19-4-2-1-3-5-19/h1-13,24H,14-15H2. The van der Waals surface area contributed by atoms with E-state index in [2.05, 4.69) is 4.72 Å². The quantitative estimate of drug-likeness (QED) is 0.439. The smallest absolute Gasteiger partial charge is 0.338 e. The maximum atomic E-state index is 12.4. The molecule has 7 nitrogen and oxygen atoms in total. The summed E-state index contributed by atoms with van der Waals surface area (Å²) in [5.74, 6) is -0.0241. The lowest BCUT2D eigenvalue weighted by Gasteiger charge is -2.09. The van der Waals surface area contributed by atoms with Crippen LogP contribution in [-0.4, -0.2) is 27.6 Å². The molecule has 8 heteroatoms. The van der Waals surface area contributed by atoms with Crippen LogP contribution in [0, 0.1) is 11.3 Å². The van der Waals surface area contributed by atoms with Gasteiger partial charge in [-0.1, -0.05) is 18.2 Å². The lowest BCUT2D eigenvalue weighted by atomic mass is 10.2. The summed E-state index contributed by atoms with van der Waals surface area (Å²) in [6.45, 7) is 0.166. The van der Waals surface area contributed by atoms with Crippen molar-refractivity contribution in [2.45, 2.75) is 4.90 Å². The largest absolute Gasteiger partial charge is 0.490 e. The van der Waals surface area contributed by atoms with E-state index in [4.69, 9.17) is 14.7 Å².